The third kappa shape index (κ3) is 3.62. The zero-order chi connectivity index (χ0) is 14.5. The fourth-order valence-corrected chi connectivity index (χ4v) is 3.71. The Bertz CT molecular complexity index is 430. The molecule has 1 aromatic heterocycles. The molecule has 0 amide bonds. The maximum absolute atomic E-state index is 4.60. The average Bonchev–Trinajstić information content (AvgIpc) is 2.98. The highest BCUT2D eigenvalue weighted by atomic mass is 79.9. The summed E-state index contributed by atoms with van der Waals surface area (Å²) in [5, 5.41) is 8.16. The lowest BCUT2D eigenvalue weighted by molar-refractivity contribution is 0.233. The van der Waals surface area contributed by atoms with Crippen molar-refractivity contribution in [3.63, 3.8) is 0 Å². The van der Waals surface area contributed by atoms with Crippen molar-refractivity contribution in [3.8, 4) is 0 Å². The van der Waals surface area contributed by atoms with Gasteiger partial charge in [-0.05, 0) is 54.7 Å². The second-order valence-corrected chi connectivity index (χ2v) is 6.45. The number of likely N-dealkylation sites (tertiary alicyclic amines) is 1. The molecule has 1 aliphatic rings. The molecule has 0 radical (unpaired) electrons. The third-order valence-electron chi connectivity index (χ3n) is 4.16. The molecule has 0 aromatic carbocycles. The van der Waals surface area contributed by atoms with Crippen LogP contribution < -0.4 is 5.32 Å². The fraction of sp³-hybridized carbons (Fsp3) is 0.800. The minimum Gasteiger partial charge on any atom is -0.315 e. The fourth-order valence-electron chi connectivity index (χ4n) is 2.96. The maximum Gasteiger partial charge on any atom is 0.0767 e. The minimum absolute atomic E-state index is 0.674. The first-order valence-corrected chi connectivity index (χ1v) is 8.61. The molecule has 114 valence electrons. The molecule has 1 saturated heterocycles. The van der Waals surface area contributed by atoms with E-state index in [0.29, 0.717) is 6.04 Å². The molecule has 1 atom stereocenters. The Morgan fingerprint density at radius 3 is 2.85 bits per heavy atom. The first kappa shape index (κ1) is 16.0. The molecule has 2 heterocycles. The summed E-state index contributed by atoms with van der Waals surface area (Å²) in [4.78, 5) is 2.60. The van der Waals surface area contributed by atoms with E-state index >= 15 is 0 Å². The van der Waals surface area contributed by atoms with Gasteiger partial charge in [-0.1, -0.05) is 13.8 Å². The molecular formula is C15H27BrN4. The summed E-state index contributed by atoms with van der Waals surface area (Å²) in [6.07, 6.45) is 4.82. The van der Waals surface area contributed by atoms with Crippen molar-refractivity contribution in [3.05, 3.63) is 15.9 Å². The molecule has 1 fully saturated rings. The van der Waals surface area contributed by atoms with Crippen LogP contribution in [0.15, 0.2) is 4.47 Å². The summed E-state index contributed by atoms with van der Waals surface area (Å²) in [6.45, 7) is 8.83. The van der Waals surface area contributed by atoms with Gasteiger partial charge in [-0.25, -0.2) is 0 Å². The van der Waals surface area contributed by atoms with E-state index in [1.54, 1.807) is 0 Å². The third-order valence-corrected chi connectivity index (χ3v) is 5.08. The summed E-state index contributed by atoms with van der Waals surface area (Å²) in [5.74, 6) is 0. The summed E-state index contributed by atoms with van der Waals surface area (Å²) in [7, 11) is 2.06. The maximum atomic E-state index is 4.60. The van der Waals surface area contributed by atoms with Crippen LogP contribution in [-0.4, -0.2) is 40.4 Å². The van der Waals surface area contributed by atoms with Crippen LogP contribution in [0.2, 0.25) is 0 Å². The van der Waals surface area contributed by atoms with E-state index in [1.165, 1.54) is 41.7 Å². The molecule has 0 aliphatic carbocycles. The summed E-state index contributed by atoms with van der Waals surface area (Å²) >= 11 is 3.73. The molecule has 20 heavy (non-hydrogen) atoms. The first-order valence-electron chi connectivity index (χ1n) is 7.82. The Hall–Kier alpha value is -0.390. The number of aromatic nitrogens is 2. The van der Waals surface area contributed by atoms with Crippen molar-refractivity contribution in [1.29, 1.82) is 0 Å². The van der Waals surface area contributed by atoms with Gasteiger partial charge in [0.05, 0.1) is 15.9 Å². The van der Waals surface area contributed by atoms with Crippen molar-refractivity contribution >= 4 is 15.9 Å². The SMILES string of the molecule is CCCNCC1CCCN1Cc1c(Br)c(CC)nn1C. The van der Waals surface area contributed by atoms with Gasteiger partial charge in [0.15, 0.2) is 0 Å². The predicted molar refractivity (Wildman–Crippen MR) is 86.9 cm³/mol. The quantitative estimate of drug-likeness (QED) is 0.773. The molecule has 0 spiro atoms. The van der Waals surface area contributed by atoms with Gasteiger partial charge in [-0.3, -0.25) is 9.58 Å². The molecule has 5 heteroatoms. The van der Waals surface area contributed by atoms with E-state index < -0.39 is 0 Å². The standard InChI is InChI=1S/C15H27BrN4/c1-4-8-17-10-12-7-6-9-20(12)11-14-15(16)13(5-2)18-19(14)3/h12,17H,4-11H2,1-3H3. The second-order valence-electron chi connectivity index (χ2n) is 5.66. The van der Waals surface area contributed by atoms with E-state index in [1.807, 2.05) is 4.68 Å². The molecular weight excluding hydrogens is 316 g/mol. The highest BCUT2D eigenvalue weighted by Crippen LogP contribution is 2.26. The monoisotopic (exact) mass is 342 g/mol. The van der Waals surface area contributed by atoms with E-state index in [4.69, 9.17) is 0 Å². The van der Waals surface area contributed by atoms with Gasteiger partial charge in [0.2, 0.25) is 0 Å². The van der Waals surface area contributed by atoms with Gasteiger partial charge < -0.3 is 5.32 Å². The molecule has 1 N–H and O–H groups in total. The number of hydrogen-bond acceptors (Lipinski definition) is 3. The summed E-state index contributed by atoms with van der Waals surface area (Å²) < 4.78 is 3.24. The van der Waals surface area contributed by atoms with Crippen molar-refractivity contribution in [2.45, 2.75) is 52.1 Å². The van der Waals surface area contributed by atoms with Gasteiger partial charge in [0.25, 0.3) is 0 Å². The predicted octanol–water partition coefficient (Wildman–Crippen LogP) is 2.71. The van der Waals surface area contributed by atoms with E-state index in [9.17, 15) is 0 Å². The number of aryl methyl sites for hydroxylation is 2. The Labute approximate surface area is 131 Å². The van der Waals surface area contributed by atoms with Crippen LogP contribution in [0.4, 0.5) is 0 Å². The average molecular weight is 343 g/mol. The Kier molecular flexibility index (Phi) is 6.05. The van der Waals surface area contributed by atoms with Crippen LogP contribution in [-0.2, 0) is 20.0 Å². The molecule has 4 nitrogen and oxygen atoms in total. The van der Waals surface area contributed by atoms with Crippen LogP contribution in [0.3, 0.4) is 0 Å². The first-order chi connectivity index (χ1) is 9.67. The Balaban J connectivity index is 1.99. The van der Waals surface area contributed by atoms with Crippen molar-refractivity contribution in [2.24, 2.45) is 7.05 Å². The van der Waals surface area contributed by atoms with E-state index in [2.05, 4.69) is 52.1 Å². The zero-order valence-corrected chi connectivity index (χ0v) is 14.5. The lowest BCUT2D eigenvalue weighted by Crippen LogP contribution is -2.38. The minimum atomic E-state index is 0.674. The highest BCUT2D eigenvalue weighted by molar-refractivity contribution is 9.10. The van der Waals surface area contributed by atoms with Crippen molar-refractivity contribution < 1.29 is 0 Å². The molecule has 2 rings (SSSR count). The van der Waals surface area contributed by atoms with Gasteiger partial charge in [-0.2, -0.15) is 5.10 Å². The van der Waals surface area contributed by atoms with E-state index in [-0.39, 0.29) is 0 Å². The Morgan fingerprint density at radius 2 is 2.20 bits per heavy atom. The summed E-state index contributed by atoms with van der Waals surface area (Å²) in [5.41, 5.74) is 2.48. The summed E-state index contributed by atoms with van der Waals surface area (Å²) in [6, 6.07) is 0.674. The van der Waals surface area contributed by atoms with Crippen LogP contribution in [0.1, 0.15) is 44.5 Å². The van der Waals surface area contributed by atoms with Gasteiger partial charge >= 0.3 is 0 Å². The molecule has 1 aliphatic heterocycles. The van der Waals surface area contributed by atoms with Crippen molar-refractivity contribution in [1.82, 2.24) is 20.0 Å². The lowest BCUT2D eigenvalue weighted by atomic mass is 10.2. The molecule has 1 aromatic rings. The number of hydrogen-bond donors (Lipinski definition) is 1. The van der Waals surface area contributed by atoms with Crippen LogP contribution >= 0.6 is 15.9 Å². The molecule has 0 saturated carbocycles. The van der Waals surface area contributed by atoms with Crippen LogP contribution in [0.5, 0.6) is 0 Å². The van der Waals surface area contributed by atoms with Gasteiger partial charge in [0, 0.05) is 26.2 Å². The van der Waals surface area contributed by atoms with Gasteiger partial charge in [-0.15, -0.1) is 0 Å². The largest absolute Gasteiger partial charge is 0.315 e. The zero-order valence-electron chi connectivity index (χ0n) is 13.0. The van der Waals surface area contributed by atoms with Crippen LogP contribution in [0, 0.1) is 0 Å². The highest BCUT2D eigenvalue weighted by Gasteiger charge is 2.26. The topological polar surface area (TPSA) is 33.1 Å². The number of halogens is 1. The molecule has 1 unspecified atom stereocenters. The second kappa shape index (κ2) is 7.57. The smallest absolute Gasteiger partial charge is 0.0767 e. The molecule has 0 bridgehead atoms. The van der Waals surface area contributed by atoms with E-state index in [0.717, 1.165) is 26.1 Å². The Morgan fingerprint density at radius 1 is 1.40 bits per heavy atom. The normalized spacial score (nSPS) is 19.9. The number of nitrogens with zero attached hydrogens (tertiary/aromatic N) is 3. The lowest BCUT2D eigenvalue weighted by Gasteiger charge is -2.25. The van der Waals surface area contributed by atoms with Crippen molar-refractivity contribution in [2.75, 3.05) is 19.6 Å². The van der Waals surface area contributed by atoms with Crippen LogP contribution in [0.25, 0.3) is 0 Å². The number of rotatable bonds is 7. The number of nitrogens with one attached hydrogen (secondary N) is 1. The van der Waals surface area contributed by atoms with Gasteiger partial charge in [0.1, 0.15) is 0 Å².